The molecule has 0 bridgehead atoms. The zero-order chi connectivity index (χ0) is 12.8. The van der Waals surface area contributed by atoms with E-state index in [0.717, 1.165) is 19.4 Å². The van der Waals surface area contributed by atoms with E-state index in [9.17, 15) is 4.39 Å². The van der Waals surface area contributed by atoms with Crippen molar-refractivity contribution in [2.45, 2.75) is 52.6 Å². The topological polar surface area (TPSA) is 3.24 Å². The van der Waals surface area contributed by atoms with Crippen LogP contribution in [0.25, 0.3) is 0 Å². The largest absolute Gasteiger partial charge is 0.294 e. The van der Waals surface area contributed by atoms with Crippen LogP contribution in [-0.2, 0) is 0 Å². The van der Waals surface area contributed by atoms with Gasteiger partial charge in [0.1, 0.15) is 5.82 Å². The molecule has 2 atom stereocenters. The summed E-state index contributed by atoms with van der Waals surface area (Å²) in [5, 5.41) is 0. The first-order valence-electron chi connectivity index (χ1n) is 6.61. The average molecular weight is 237 g/mol. The summed E-state index contributed by atoms with van der Waals surface area (Å²) in [5.74, 6) is -0.161. The van der Waals surface area contributed by atoms with Crippen LogP contribution in [0.1, 0.15) is 52.1 Å². The highest BCUT2D eigenvalue weighted by molar-refractivity contribution is 5.19. The van der Waals surface area contributed by atoms with Crippen LogP contribution in [0.4, 0.5) is 4.39 Å². The van der Waals surface area contributed by atoms with E-state index in [2.05, 4.69) is 32.6 Å². The fourth-order valence-electron chi connectivity index (χ4n) is 2.22. The van der Waals surface area contributed by atoms with Gasteiger partial charge in [0.05, 0.1) is 0 Å². The Hall–Kier alpha value is -0.890. The van der Waals surface area contributed by atoms with Gasteiger partial charge in [0, 0.05) is 12.1 Å². The molecular formula is C15H24FN. The highest BCUT2D eigenvalue weighted by Crippen LogP contribution is 2.24. The highest BCUT2D eigenvalue weighted by atomic mass is 19.1. The van der Waals surface area contributed by atoms with Crippen LogP contribution in [0, 0.1) is 5.82 Å². The Morgan fingerprint density at radius 3 is 2.18 bits per heavy atom. The molecular weight excluding hydrogens is 213 g/mol. The summed E-state index contributed by atoms with van der Waals surface area (Å²) in [6, 6.07) is 7.80. The fraction of sp³-hybridized carbons (Fsp3) is 0.600. The van der Waals surface area contributed by atoms with Crippen molar-refractivity contribution in [2.75, 3.05) is 6.54 Å². The van der Waals surface area contributed by atoms with E-state index in [1.54, 1.807) is 12.1 Å². The van der Waals surface area contributed by atoms with E-state index in [4.69, 9.17) is 0 Å². The average Bonchev–Trinajstić information content (AvgIpc) is 2.35. The van der Waals surface area contributed by atoms with Gasteiger partial charge in [-0.25, -0.2) is 4.39 Å². The third-order valence-electron chi connectivity index (χ3n) is 3.49. The third kappa shape index (κ3) is 3.81. The molecule has 2 heteroatoms. The summed E-state index contributed by atoms with van der Waals surface area (Å²) in [5.41, 5.74) is 1.19. The first-order chi connectivity index (χ1) is 8.10. The van der Waals surface area contributed by atoms with Gasteiger partial charge < -0.3 is 0 Å². The molecule has 0 aromatic heterocycles. The molecule has 0 heterocycles. The van der Waals surface area contributed by atoms with E-state index in [1.807, 2.05) is 12.1 Å². The molecule has 1 nitrogen and oxygen atoms in total. The van der Waals surface area contributed by atoms with Gasteiger partial charge in [0.25, 0.3) is 0 Å². The van der Waals surface area contributed by atoms with Gasteiger partial charge in [0.2, 0.25) is 0 Å². The van der Waals surface area contributed by atoms with Gasteiger partial charge in [-0.2, -0.15) is 0 Å². The molecule has 1 rings (SSSR count). The molecule has 0 N–H and O–H groups in total. The number of hydrogen-bond acceptors (Lipinski definition) is 1. The van der Waals surface area contributed by atoms with Gasteiger partial charge in [-0.15, -0.1) is 0 Å². The molecule has 0 aliphatic rings. The lowest BCUT2D eigenvalue weighted by molar-refractivity contribution is 0.150. The van der Waals surface area contributed by atoms with Crippen LogP contribution in [0.15, 0.2) is 24.3 Å². The van der Waals surface area contributed by atoms with Crippen molar-refractivity contribution in [1.29, 1.82) is 0 Å². The second kappa shape index (κ2) is 6.75. The molecule has 2 unspecified atom stereocenters. The van der Waals surface area contributed by atoms with Crippen molar-refractivity contribution in [1.82, 2.24) is 4.90 Å². The van der Waals surface area contributed by atoms with Crippen LogP contribution < -0.4 is 0 Å². The Kier molecular flexibility index (Phi) is 5.63. The molecule has 0 radical (unpaired) electrons. The molecule has 0 saturated carbocycles. The zero-order valence-electron chi connectivity index (χ0n) is 11.4. The van der Waals surface area contributed by atoms with Crippen LogP contribution in [0.3, 0.4) is 0 Å². The fourth-order valence-corrected chi connectivity index (χ4v) is 2.22. The molecule has 0 aliphatic heterocycles. The monoisotopic (exact) mass is 237 g/mol. The van der Waals surface area contributed by atoms with Crippen molar-refractivity contribution in [3.8, 4) is 0 Å². The van der Waals surface area contributed by atoms with Crippen molar-refractivity contribution in [3.63, 3.8) is 0 Å². The van der Waals surface area contributed by atoms with Gasteiger partial charge >= 0.3 is 0 Å². The normalized spacial score (nSPS) is 14.9. The van der Waals surface area contributed by atoms with Gasteiger partial charge in [-0.1, -0.05) is 26.0 Å². The smallest absolute Gasteiger partial charge is 0.123 e. The van der Waals surface area contributed by atoms with Crippen molar-refractivity contribution >= 4 is 0 Å². The number of halogens is 1. The maximum Gasteiger partial charge on any atom is 0.123 e. The lowest BCUT2D eigenvalue weighted by Crippen LogP contribution is -2.35. The zero-order valence-corrected chi connectivity index (χ0v) is 11.4. The summed E-state index contributed by atoms with van der Waals surface area (Å²) < 4.78 is 12.9. The lowest BCUT2D eigenvalue weighted by Gasteiger charge is -2.34. The van der Waals surface area contributed by atoms with Crippen LogP contribution >= 0.6 is 0 Å². The second-order valence-electron chi connectivity index (χ2n) is 4.72. The van der Waals surface area contributed by atoms with Crippen LogP contribution in [-0.4, -0.2) is 17.5 Å². The highest BCUT2D eigenvalue weighted by Gasteiger charge is 2.19. The van der Waals surface area contributed by atoms with E-state index >= 15 is 0 Å². The molecule has 1 aromatic carbocycles. The van der Waals surface area contributed by atoms with E-state index in [0.29, 0.717) is 12.1 Å². The van der Waals surface area contributed by atoms with Crippen LogP contribution in [0.5, 0.6) is 0 Å². The minimum Gasteiger partial charge on any atom is -0.294 e. The Bertz CT molecular complexity index is 320. The second-order valence-corrected chi connectivity index (χ2v) is 4.72. The molecule has 0 saturated heterocycles. The summed E-state index contributed by atoms with van der Waals surface area (Å²) in [6.07, 6.45) is 2.29. The van der Waals surface area contributed by atoms with Crippen LogP contribution in [0.2, 0.25) is 0 Å². The molecule has 0 aliphatic carbocycles. The molecule has 17 heavy (non-hydrogen) atoms. The molecule has 96 valence electrons. The van der Waals surface area contributed by atoms with E-state index in [1.165, 1.54) is 5.56 Å². The summed E-state index contributed by atoms with van der Waals surface area (Å²) in [4.78, 5) is 2.49. The maximum absolute atomic E-state index is 12.9. The SMILES string of the molecule is CCCN(C(C)CC)C(C)c1ccc(F)cc1. The first-order valence-corrected chi connectivity index (χ1v) is 6.61. The Labute approximate surface area is 105 Å². The van der Waals surface area contributed by atoms with Gasteiger partial charge in [0.15, 0.2) is 0 Å². The molecule has 0 fully saturated rings. The lowest BCUT2D eigenvalue weighted by atomic mass is 10.0. The third-order valence-corrected chi connectivity index (χ3v) is 3.49. The quantitative estimate of drug-likeness (QED) is 0.709. The summed E-state index contributed by atoms with van der Waals surface area (Å²) >= 11 is 0. The predicted molar refractivity (Wildman–Crippen MR) is 71.6 cm³/mol. The first kappa shape index (κ1) is 14.2. The Morgan fingerprint density at radius 2 is 1.71 bits per heavy atom. The number of benzene rings is 1. The standard InChI is InChI=1S/C15H24FN/c1-5-11-17(12(3)6-2)13(4)14-7-9-15(16)10-8-14/h7-10,12-13H,5-6,11H2,1-4H3. The number of rotatable bonds is 6. The maximum atomic E-state index is 12.9. The summed E-state index contributed by atoms with van der Waals surface area (Å²) in [7, 11) is 0. The van der Waals surface area contributed by atoms with Crippen molar-refractivity contribution < 1.29 is 4.39 Å². The Balaban J connectivity index is 2.83. The predicted octanol–water partition coefficient (Wildman–Crippen LogP) is 4.40. The molecule has 1 aromatic rings. The molecule has 0 amide bonds. The minimum atomic E-state index is -0.161. The van der Waals surface area contributed by atoms with Gasteiger partial charge in [-0.3, -0.25) is 4.90 Å². The van der Waals surface area contributed by atoms with E-state index < -0.39 is 0 Å². The summed E-state index contributed by atoms with van der Waals surface area (Å²) in [6.45, 7) is 9.97. The van der Waals surface area contributed by atoms with Crippen molar-refractivity contribution in [3.05, 3.63) is 35.6 Å². The number of hydrogen-bond donors (Lipinski definition) is 0. The minimum absolute atomic E-state index is 0.161. The van der Waals surface area contributed by atoms with Crippen molar-refractivity contribution in [2.24, 2.45) is 0 Å². The Morgan fingerprint density at radius 1 is 1.12 bits per heavy atom. The van der Waals surface area contributed by atoms with E-state index in [-0.39, 0.29) is 5.82 Å². The van der Waals surface area contributed by atoms with Gasteiger partial charge in [-0.05, 0) is 50.9 Å². The molecule has 0 spiro atoms. The number of nitrogens with zero attached hydrogens (tertiary/aromatic N) is 1.